The third kappa shape index (κ3) is 4.85. The Labute approximate surface area is 213 Å². The van der Waals surface area contributed by atoms with E-state index in [1.165, 1.54) is 28.1 Å². The van der Waals surface area contributed by atoms with E-state index in [1.807, 2.05) is 12.1 Å². The predicted octanol–water partition coefficient (Wildman–Crippen LogP) is 6.77. The number of pyridine rings is 1. The van der Waals surface area contributed by atoms with E-state index in [-0.39, 0.29) is 0 Å². The van der Waals surface area contributed by atoms with E-state index < -0.39 is 0 Å². The Kier molecular flexibility index (Phi) is 6.65. The summed E-state index contributed by atoms with van der Waals surface area (Å²) < 4.78 is 0. The average Bonchev–Trinajstić information content (AvgIpc) is 2.89. The molecule has 0 atom stereocenters. The minimum atomic E-state index is 0.743. The van der Waals surface area contributed by atoms with Crippen LogP contribution in [0.5, 0.6) is 0 Å². The maximum Gasteiger partial charge on any atom is 0.129 e. The number of benzene rings is 3. The van der Waals surface area contributed by atoms with Crippen LogP contribution < -0.4 is 14.7 Å². The van der Waals surface area contributed by atoms with E-state index in [4.69, 9.17) is 16.6 Å². The number of rotatable bonds is 5. The number of aromatic nitrogens is 1. The molecule has 5 heteroatoms. The van der Waals surface area contributed by atoms with Crippen LogP contribution in [0.2, 0.25) is 5.02 Å². The second kappa shape index (κ2) is 10.0. The van der Waals surface area contributed by atoms with Crippen LogP contribution in [0, 0.1) is 6.92 Å². The van der Waals surface area contributed by atoms with Gasteiger partial charge >= 0.3 is 0 Å². The van der Waals surface area contributed by atoms with Crippen LogP contribution in [0.15, 0.2) is 84.9 Å². The maximum absolute atomic E-state index is 6.24. The second-order valence-corrected chi connectivity index (χ2v) is 9.65. The molecule has 4 nitrogen and oxygen atoms in total. The third-order valence-electron chi connectivity index (χ3n) is 6.72. The summed E-state index contributed by atoms with van der Waals surface area (Å²) >= 11 is 6.24. The average molecular weight is 483 g/mol. The molecule has 1 fully saturated rings. The zero-order valence-electron chi connectivity index (χ0n) is 20.6. The Morgan fingerprint density at radius 2 is 1.37 bits per heavy atom. The highest BCUT2D eigenvalue weighted by Crippen LogP contribution is 2.41. The van der Waals surface area contributed by atoms with Gasteiger partial charge in [0.2, 0.25) is 0 Å². The van der Waals surface area contributed by atoms with E-state index in [2.05, 4.69) is 109 Å². The van der Waals surface area contributed by atoms with Gasteiger partial charge in [0.05, 0.1) is 0 Å². The first-order chi connectivity index (χ1) is 17.0. The van der Waals surface area contributed by atoms with Crippen molar-refractivity contribution in [3.63, 3.8) is 0 Å². The first-order valence-electron chi connectivity index (χ1n) is 12.1. The van der Waals surface area contributed by atoms with E-state index in [9.17, 15) is 0 Å². The molecule has 1 aliphatic rings. The van der Waals surface area contributed by atoms with Crippen LogP contribution in [-0.2, 0) is 0 Å². The summed E-state index contributed by atoms with van der Waals surface area (Å²) in [5.41, 5.74) is 8.19. The molecule has 3 aromatic carbocycles. The summed E-state index contributed by atoms with van der Waals surface area (Å²) in [5, 5.41) is 0.743. The molecule has 2 heterocycles. The third-order valence-corrected chi connectivity index (χ3v) is 6.97. The van der Waals surface area contributed by atoms with E-state index in [0.717, 1.165) is 48.3 Å². The van der Waals surface area contributed by atoms with Gasteiger partial charge in [-0.25, -0.2) is 4.98 Å². The molecule has 0 unspecified atom stereocenters. The van der Waals surface area contributed by atoms with Crippen LogP contribution in [0.1, 0.15) is 5.69 Å². The van der Waals surface area contributed by atoms with Gasteiger partial charge in [-0.1, -0.05) is 60.1 Å². The molecule has 35 heavy (non-hydrogen) atoms. The largest absolute Gasteiger partial charge is 0.377 e. The van der Waals surface area contributed by atoms with Crippen molar-refractivity contribution < 1.29 is 0 Å². The van der Waals surface area contributed by atoms with Crippen LogP contribution in [0.25, 0.3) is 22.3 Å². The Morgan fingerprint density at radius 3 is 2.06 bits per heavy atom. The van der Waals surface area contributed by atoms with Crippen LogP contribution in [0.4, 0.5) is 17.2 Å². The van der Waals surface area contributed by atoms with Crippen molar-refractivity contribution in [1.82, 2.24) is 4.98 Å². The minimum Gasteiger partial charge on any atom is -0.377 e. The smallest absolute Gasteiger partial charge is 0.129 e. The Morgan fingerprint density at radius 1 is 0.743 bits per heavy atom. The molecule has 0 spiro atoms. The fourth-order valence-corrected chi connectivity index (χ4v) is 5.05. The number of nitrogens with zero attached hydrogens (tertiary/aromatic N) is 4. The molecule has 1 aromatic heterocycles. The maximum atomic E-state index is 6.24. The summed E-state index contributed by atoms with van der Waals surface area (Å²) in [4.78, 5) is 12.2. The molecule has 1 aliphatic heterocycles. The van der Waals surface area contributed by atoms with Gasteiger partial charge in [0, 0.05) is 73.5 Å². The molecule has 0 N–H and O–H groups in total. The van der Waals surface area contributed by atoms with Crippen molar-refractivity contribution in [2.45, 2.75) is 6.92 Å². The highest BCUT2D eigenvalue weighted by atomic mass is 35.5. The Balaban J connectivity index is 1.55. The fourth-order valence-electron chi connectivity index (χ4n) is 4.92. The topological polar surface area (TPSA) is 22.6 Å². The summed E-state index contributed by atoms with van der Waals surface area (Å²) in [6.45, 7) is 5.97. The minimum absolute atomic E-state index is 0.743. The molecule has 0 radical (unpaired) electrons. The van der Waals surface area contributed by atoms with Gasteiger partial charge in [0.1, 0.15) is 5.82 Å². The normalized spacial score (nSPS) is 13.7. The van der Waals surface area contributed by atoms with Gasteiger partial charge in [-0.3, -0.25) is 0 Å². The lowest BCUT2D eigenvalue weighted by Gasteiger charge is -2.37. The number of piperazine rings is 1. The molecular formula is C30H31ClN4. The van der Waals surface area contributed by atoms with Crippen LogP contribution >= 0.6 is 11.6 Å². The second-order valence-electron chi connectivity index (χ2n) is 9.22. The number of halogens is 1. The van der Waals surface area contributed by atoms with Crippen molar-refractivity contribution in [3.8, 4) is 22.3 Å². The zero-order chi connectivity index (χ0) is 24.4. The van der Waals surface area contributed by atoms with Crippen molar-refractivity contribution in [3.05, 3.63) is 95.6 Å². The van der Waals surface area contributed by atoms with Gasteiger partial charge in [-0.05, 0) is 54.4 Å². The summed E-state index contributed by atoms with van der Waals surface area (Å²) in [5.74, 6) is 1.03. The molecule has 0 amide bonds. The zero-order valence-corrected chi connectivity index (χ0v) is 21.3. The van der Waals surface area contributed by atoms with Crippen LogP contribution in [0.3, 0.4) is 0 Å². The number of para-hydroxylation sites is 2. The van der Waals surface area contributed by atoms with Crippen molar-refractivity contribution >= 4 is 28.8 Å². The van der Waals surface area contributed by atoms with E-state index in [0.29, 0.717) is 0 Å². The summed E-state index contributed by atoms with van der Waals surface area (Å²) in [6.07, 6.45) is 0. The van der Waals surface area contributed by atoms with Gasteiger partial charge < -0.3 is 14.7 Å². The highest BCUT2D eigenvalue weighted by molar-refractivity contribution is 6.30. The molecule has 0 aliphatic carbocycles. The monoisotopic (exact) mass is 482 g/mol. The van der Waals surface area contributed by atoms with Gasteiger partial charge in [-0.15, -0.1) is 0 Å². The lowest BCUT2D eigenvalue weighted by Crippen LogP contribution is -2.46. The first-order valence-corrected chi connectivity index (χ1v) is 12.5. The number of aryl methyl sites for hydroxylation is 1. The number of hydrogen-bond donors (Lipinski definition) is 0. The van der Waals surface area contributed by atoms with Crippen molar-refractivity contribution in [2.24, 2.45) is 0 Å². The fraction of sp³-hybridized carbons (Fsp3) is 0.233. The highest BCUT2D eigenvalue weighted by Gasteiger charge is 2.22. The SMILES string of the molecule is Cc1nc(N2CCN(c3ccccc3)CC2)cc(-c2ccc(Cl)cc2)c1-c1ccccc1N(C)C. The number of anilines is 3. The van der Waals surface area contributed by atoms with Crippen molar-refractivity contribution in [1.29, 1.82) is 0 Å². The summed E-state index contributed by atoms with van der Waals surface area (Å²) in [7, 11) is 4.17. The molecule has 5 rings (SSSR count). The molecule has 178 valence electrons. The Bertz CT molecular complexity index is 1290. The van der Waals surface area contributed by atoms with Gasteiger partial charge in [0.25, 0.3) is 0 Å². The van der Waals surface area contributed by atoms with Gasteiger partial charge in [-0.2, -0.15) is 0 Å². The molecule has 0 saturated carbocycles. The molecular weight excluding hydrogens is 452 g/mol. The van der Waals surface area contributed by atoms with Crippen molar-refractivity contribution in [2.75, 3.05) is 55.0 Å². The predicted molar refractivity (Wildman–Crippen MR) is 150 cm³/mol. The standard InChI is InChI=1S/C30H31ClN4/c1-22-30(26-11-7-8-12-28(26)33(2)3)27(23-13-15-24(31)16-14-23)21-29(32-22)35-19-17-34(18-20-35)25-9-5-4-6-10-25/h4-16,21H,17-20H2,1-3H3. The van der Waals surface area contributed by atoms with E-state index in [1.54, 1.807) is 0 Å². The number of hydrogen-bond acceptors (Lipinski definition) is 4. The quantitative estimate of drug-likeness (QED) is 0.313. The molecule has 1 saturated heterocycles. The molecule has 0 bridgehead atoms. The van der Waals surface area contributed by atoms with Gasteiger partial charge in [0.15, 0.2) is 0 Å². The first kappa shape index (κ1) is 23.3. The summed E-state index contributed by atoms with van der Waals surface area (Å²) in [6, 6.07) is 29.6. The lowest BCUT2D eigenvalue weighted by atomic mass is 9.92. The molecule has 4 aromatic rings. The Hall–Kier alpha value is -3.50. The lowest BCUT2D eigenvalue weighted by molar-refractivity contribution is 0.647. The van der Waals surface area contributed by atoms with Crippen LogP contribution in [-0.4, -0.2) is 45.3 Å². The van der Waals surface area contributed by atoms with E-state index >= 15 is 0 Å².